The van der Waals surface area contributed by atoms with E-state index in [2.05, 4.69) is 16.8 Å². The van der Waals surface area contributed by atoms with Crippen molar-refractivity contribution in [3.8, 4) is 28.6 Å². The molecule has 1 saturated heterocycles. The molecule has 3 N–H and O–H groups in total. The van der Waals surface area contributed by atoms with Gasteiger partial charge in [-0.15, -0.1) is 0 Å². The zero-order valence-corrected chi connectivity index (χ0v) is 18.4. The van der Waals surface area contributed by atoms with Gasteiger partial charge in [-0.25, -0.2) is 0 Å². The molecule has 0 spiro atoms. The van der Waals surface area contributed by atoms with Gasteiger partial charge in [0.05, 0.1) is 5.39 Å². The van der Waals surface area contributed by atoms with Crippen molar-refractivity contribution in [2.75, 3.05) is 33.2 Å². The minimum atomic E-state index is -0.658. The molecule has 0 radical (unpaired) electrons. The van der Waals surface area contributed by atoms with Crippen LogP contribution >= 0.6 is 0 Å². The smallest absolute Gasteiger partial charge is 0.235 e. The summed E-state index contributed by atoms with van der Waals surface area (Å²) in [4.78, 5) is 17.3. The second-order valence-corrected chi connectivity index (χ2v) is 8.61. The quantitative estimate of drug-likeness (QED) is 0.482. The summed E-state index contributed by atoms with van der Waals surface area (Å²) in [5, 5.41) is 30.2. The second-order valence-electron chi connectivity index (χ2n) is 8.61. The van der Waals surface area contributed by atoms with E-state index in [9.17, 15) is 20.1 Å². The molecule has 170 valence electrons. The van der Waals surface area contributed by atoms with Crippen molar-refractivity contribution in [1.29, 1.82) is 0 Å². The molecule has 2 heterocycles. The molecule has 0 atom stereocenters. The lowest BCUT2D eigenvalue weighted by Gasteiger charge is -2.27. The fourth-order valence-corrected chi connectivity index (χ4v) is 4.32. The van der Waals surface area contributed by atoms with Crippen LogP contribution in [0.4, 0.5) is 0 Å². The Kier molecular flexibility index (Phi) is 6.67. The van der Waals surface area contributed by atoms with Crippen molar-refractivity contribution >= 4 is 11.0 Å². The number of fused-ring (bicyclic) bond motifs is 1. The number of aromatic hydroxyl groups is 3. The standard InChI is InChI=1S/C25H30N2O5/c1-26(12-5-15-27-13-3-2-4-14-27)16-17-6-8-18(9-7-17)24-23(31)21(29)19-10-11-20(28)22(30)25(19)32-24/h6-11,28,30-31H,2-5,12-16H2,1H3. The van der Waals surface area contributed by atoms with Gasteiger partial charge in [-0.05, 0) is 70.2 Å². The zero-order valence-electron chi connectivity index (χ0n) is 18.4. The largest absolute Gasteiger partial charge is 0.504 e. The third kappa shape index (κ3) is 4.74. The first-order valence-electron chi connectivity index (χ1n) is 11.1. The Hall–Kier alpha value is -3.03. The summed E-state index contributed by atoms with van der Waals surface area (Å²) in [6.07, 6.45) is 5.13. The highest BCUT2D eigenvalue weighted by molar-refractivity contribution is 5.88. The molecule has 32 heavy (non-hydrogen) atoms. The molecule has 2 aromatic carbocycles. The van der Waals surface area contributed by atoms with Crippen LogP contribution in [-0.2, 0) is 6.54 Å². The van der Waals surface area contributed by atoms with Gasteiger partial charge in [0.2, 0.25) is 16.9 Å². The number of piperidine rings is 1. The van der Waals surface area contributed by atoms with E-state index in [0.717, 1.165) is 31.6 Å². The van der Waals surface area contributed by atoms with Crippen molar-refractivity contribution in [2.45, 2.75) is 32.2 Å². The van der Waals surface area contributed by atoms with Gasteiger partial charge >= 0.3 is 0 Å². The fourth-order valence-electron chi connectivity index (χ4n) is 4.32. The third-order valence-electron chi connectivity index (χ3n) is 6.12. The summed E-state index contributed by atoms with van der Waals surface area (Å²) in [5.74, 6) is -1.48. The molecule has 1 aliphatic heterocycles. The molecule has 0 aliphatic carbocycles. The average molecular weight is 439 g/mol. The Labute approximate surface area is 187 Å². The number of benzene rings is 2. The van der Waals surface area contributed by atoms with E-state index in [-0.39, 0.29) is 16.7 Å². The number of hydrogen-bond donors (Lipinski definition) is 3. The van der Waals surface area contributed by atoms with E-state index < -0.39 is 22.7 Å². The highest BCUT2D eigenvalue weighted by Gasteiger charge is 2.19. The van der Waals surface area contributed by atoms with E-state index >= 15 is 0 Å². The average Bonchev–Trinajstić information content (AvgIpc) is 2.80. The predicted molar refractivity (Wildman–Crippen MR) is 124 cm³/mol. The van der Waals surface area contributed by atoms with Gasteiger partial charge in [0.15, 0.2) is 17.1 Å². The molecule has 1 aliphatic rings. The fraction of sp³-hybridized carbons (Fsp3) is 0.400. The van der Waals surface area contributed by atoms with Crippen LogP contribution in [0.15, 0.2) is 45.6 Å². The zero-order chi connectivity index (χ0) is 22.7. The van der Waals surface area contributed by atoms with Gasteiger partial charge in [-0.2, -0.15) is 0 Å². The molecule has 0 saturated carbocycles. The summed E-state index contributed by atoms with van der Waals surface area (Å²) < 4.78 is 5.63. The Morgan fingerprint density at radius 2 is 1.69 bits per heavy atom. The van der Waals surface area contributed by atoms with Crippen LogP contribution in [0.3, 0.4) is 0 Å². The third-order valence-corrected chi connectivity index (χ3v) is 6.12. The number of phenolic OH excluding ortho intramolecular Hbond substituents is 2. The van der Waals surface area contributed by atoms with Crippen LogP contribution < -0.4 is 5.43 Å². The lowest BCUT2D eigenvalue weighted by molar-refractivity contribution is 0.210. The van der Waals surface area contributed by atoms with Crippen LogP contribution in [0.5, 0.6) is 17.2 Å². The highest BCUT2D eigenvalue weighted by Crippen LogP contribution is 2.37. The van der Waals surface area contributed by atoms with Crippen LogP contribution in [0.2, 0.25) is 0 Å². The SMILES string of the molecule is CN(CCCN1CCCCC1)Cc1ccc(-c2oc3c(O)c(O)ccc3c(=O)c2O)cc1. The van der Waals surface area contributed by atoms with Crippen molar-refractivity contribution in [3.05, 3.63) is 52.2 Å². The maximum Gasteiger partial charge on any atom is 0.235 e. The summed E-state index contributed by atoms with van der Waals surface area (Å²) in [6.45, 7) is 5.40. The van der Waals surface area contributed by atoms with E-state index in [1.54, 1.807) is 12.1 Å². The molecule has 4 rings (SSSR count). The summed E-state index contributed by atoms with van der Waals surface area (Å²) in [7, 11) is 2.10. The monoisotopic (exact) mass is 438 g/mol. The predicted octanol–water partition coefficient (Wildman–Crippen LogP) is 3.88. The first-order chi connectivity index (χ1) is 15.4. The summed E-state index contributed by atoms with van der Waals surface area (Å²) in [5.41, 5.74) is 0.812. The maximum absolute atomic E-state index is 12.5. The number of nitrogens with zero attached hydrogens (tertiary/aromatic N) is 2. The molecular weight excluding hydrogens is 408 g/mol. The Bertz CT molecular complexity index is 1130. The van der Waals surface area contributed by atoms with Crippen molar-refractivity contribution in [1.82, 2.24) is 9.80 Å². The molecule has 1 aromatic heterocycles. The molecule has 7 heteroatoms. The van der Waals surface area contributed by atoms with Crippen LogP contribution in [-0.4, -0.2) is 58.3 Å². The summed E-state index contributed by atoms with van der Waals surface area (Å²) in [6, 6.07) is 9.92. The molecule has 7 nitrogen and oxygen atoms in total. The number of hydrogen-bond acceptors (Lipinski definition) is 7. The van der Waals surface area contributed by atoms with Crippen molar-refractivity contribution < 1.29 is 19.7 Å². The lowest BCUT2D eigenvalue weighted by Crippen LogP contribution is -2.32. The minimum Gasteiger partial charge on any atom is -0.504 e. The molecular formula is C25H30N2O5. The normalized spacial score (nSPS) is 14.9. The second kappa shape index (κ2) is 9.63. The molecule has 0 unspecified atom stereocenters. The van der Waals surface area contributed by atoms with Gasteiger partial charge < -0.3 is 29.5 Å². The van der Waals surface area contributed by atoms with E-state index in [4.69, 9.17) is 4.42 Å². The van der Waals surface area contributed by atoms with Crippen molar-refractivity contribution in [3.63, 3.8) is 0 Å². The van der Waals surface area contributed by atoms with Crippen LogP contribution in [0.1, 0.15) is 31.2 Å². The number of likely N-dealkylation sites (tertiary alicyclic amines) is 1. The Morgan fingerprint density at radius 3 is 2.41 bits per heavy atom. The first-order valence-corrected chi connectivity index (χ1v) is 11.1. The Morgan fingerprint density at radius 1 is 0.969 bits per heavy atom. The number of phenols is 2. The topological polar surface area (TPSA) is 97.4 Å². The van der Waals surface area contributed by atoms with E-state index in [0.29, 0.717) is 5.56 Å². The first kappa shape index (κ1) is 22.2. The lowest BCUT2D eigenvalue weighted by atomic mass is 10.1. The van der Waals surface area contributed by atoms with E-state index in [1.807, 2.05) is 12.1 Å². The van der Waals surface area contributed by atoms with Gasteiger partial charge in [0, 0.05) is 12.1 Å². The van der Waals surface area contributed by atoms with E-state index in [1.165, 1.54) is 44.5 Å². The van der Waals surface area contributed by atoms with Crippen molar-refractivity contribution in [2.24, 2.45) is 0 Å². The van der Waals surface area contributed by atoms with Crippen LogP contribution in [0, 0.1) is 0 Å². The van der Waals surface area contributed by atoms with Gasteiger partial charge in [-0.3, -0.25) is 4.79 Å². The minimum absolute atomic E-state index is 0.00403. The molecule has 1 fully saturated rings. The number of rotatable bonds is 7. The highest BCUT2D eigenvalue weighted by atomic mass is 16.4. The van der Waals surface area contributed by atoms with Crippen LogP contribution in [0.25, 0.3) is 22.3 Å². The molecule has 3 aromatic rings. The van der Waals surface area contributed by atoms with Gasteiger partial charge in [0.1, 0.15) is 0 Å². The maximum atomic E-state index is 12.5. The van der Waals surface area contributed by atoms with Gasteiger partial charge in [-0.1, -0.05) is 30.7 Å². The molecule has 0 bridgehead atoms. The molecule has 0 amide bonds. The van der Waals surface area contributed by atoms with Gasteiger partial charge in [0.25, 0.3) is 0 Å². The Balaban J connectivity index is 1.44. The summed E-state index contributed by atoms with van der Waals surface area (Å²) >= 11 is 0.